The molecule has 5 aromatic rings. The lowest BCUT2D eigenvalue weighted by Gasteiger charge is -2.25. The minimum Gasteiger partial charge on any atom is -0.508 e. The van der Waals surface area contributed by atoms with Crippen LogP contribution in [0.2, 0.25) is 0 Å². The van der Waals surface area contributed by atoms with Crippen LogP contribution in [0.3, 0.4) is 0 Å². The maximum Gasteiger partial charge on any atom is 0.161 e. The van der Waals surface area contributed by atoms with E-state index in [2.05, 4.69) is 12.1 Å². The largest absolute Gasteiger partial charge is 0.508 e. The van der Waals surface area contributed by atoms with Gasteiger partial charge in [-0.05, 0) is 101 Å². The lowest BCUT2D eigenvalue weighted by molar-refractivity contribution is 0.370. The fourth-order valence-corrected chi connectivity index (χ4v) is 7.11. The van der Waals surface area contributed by atoms with Crippen LogP contribution in [0.5, 0.6) is 40.2 Å². The van der Waals surface area contributed by atoms with Gasteiger partial charge >= 0.3 is 0 Å². The molecule has 0 aromatic heterocycles. The van der Waals surface area contributed by atoms with E-state index in [9.17, 15) is 25.5 Å². The van der Waals surface area contributed by atoms with Crippen LogP contribution in [-0.2, 0) is 25.7 Å². The van der Waals surface area contributed by atoms with Crippen molar-refractivity contribution in [3.63, 3.8) is 0 Å². The standard InChI is InChI=1S/C42H44O7/c1-48-38-24-29(20-33(41(38)46)17-26-8-12-35(43)13-9-26)16-28-19-32(40(45)37(23-28)31-6-4-3-5-7-31)21-30-22-34(42(47)39(25-30)49-2)18-27-10-14-36(44)15-11-27/h8-15,19-20,22-25,31,43-47H,3-7,16-18,21H2,1-2H3. The third-order valence-electron chi connectivity index (χ3n) is 9.65. The molecule has 0 atom stereocenters. The molecule has 7 heteroatoms. The number of ether oxygens (including phenoxy) is 2. The van der Waals surface area contributed by atoms with E-state index in [4.69, 9.17) is 9.47 Å². The molecule has 0 unspecified atom stereocenters. The Kier molecular flexibility index (Phi) is 10.2. The first-order valence-corrected chi connectivity index (χ1v) is 16.9. The van der Waals surface area contributed by atoms with Gasteiger partial charge in [0.15, 0.2) is 23.0 Å². The van der Waals surface area contributed by atoms with Gasteiger partial charge < -0.3 is 35.0 Å². The van der Waals surface area contributed by atoms with E-state index in [-0.39, 0.29) is 28.9 Å². The highest BCUT2D eigenvalue weighted by Crippen LogP contribution is 2.42. The molecule has 0 radical (unpaired) electrons. The van der Waals surface area contributed by atoms with Crippen LogP contribution in [0.15, 0.2) is 84.9 Å². The van der Waals surface area contributed by atoms with Crippen LogP contribution in [0.4, 0.5) is 0 Å². The second-order valence-electron chi connectivity index (χ2n) is 13.2. The fraction of sp³-hybridized carbons (Fsp3) is 0.286. The van der Waals surface area contributed by atoms with Crippen molar-refractivity contribution in [1.29, 1.82) is 0 Å². The fourth-order valence-electron chi connectivity index (χ4n) is 7.11. The van der Waals surface area contributed by atoms with E-state index in [1.54, 1.807) is 31.4 Å². The van der Waals surface area contributed by atoms with Crippen molar-refractivity contribution >= 4 is 0 Å². The second kappa shape index (κ2) is 14.9. The molecule has 0 saturated heterocycles. The first-order valence-electron chi connectivity index (χ1n) is 16.9. The van der Waals surface area contributed by atoms with E-state index in [1.165, 1.54) is 13.5 Å². The number of aromatic hydroxyl groups is 5. The highest BCUT2D eigenvalue weighted by Gasteiger charge is 2.23. The highest BCUT2D eigenvalue weighted by molar-refractivity contribution is 5.55. The van der Waals surface area contributed by atoms with Crippen LogP contribution < -0.4 is 9.47 Å². The molecule has 0 spiro atoms. The monoisotopic (exact) mass is 660 g/mol. The van der Waals surface area contributed by atoms with E-state index in [1.807, 2.05) is 48.5 Å². The molecule has 7 nitrogen and oxygen atoms in total. The number of hydrogen-bond donors (Lipinski definition) is 5. The molecule has 0 heterocycles. The van der Waals surface area contributed by atoms with Gasteiger partial charge in [0, 0.05) is 30.4 Å². The molecule has 1 aliphatic rings. The Hall–Kier alpha value is -5.30. The summed E-state index contributed by atoms with van der Waals surface area (Å²) in [5.74, 6) is 1.90. The zero-order valence-electron chi connectivity index (χ0n) is 28.1. The summed E-state index contributed by atoms with van der Waals surface area (Å²) in [6.45, 7) is 0. The number of methoxy groups -OCH3 is 2. The second-order valence-corrected chi connectivity index (χ2v) is 13.2. The Morgan fingerprint density at radius 3 is 1.35 bits per heavy atom. The quantitative estimate of drug-likeness (QED) is 0.0962. The van der Waals surface area contributed by atoms with Crippen molar-refractivity contribution in [2.45, 2.75) is 63.7 Å². The van der Waals surface area contributed by atoms with E-state index in [0.29, 0.717) is 48.5 Å². The number of phenols is 5. The van der Waals surface area contributed by atoms with Gasteiger partial charge in [0.05, 0.1) is 14.2 Å². The van der Waals surface area contributed by atoms with Crippen LogP contribution in [0.1, 0.15) is 88.1 Å². The lowest BCUT2D eigenvalue weighted by atomic mass is 9.81. The van der Waals surface area contributed by atoms with Gasteiger partial charge in [-0.25, -0.2) is 0 Å². The predicted molar refractivity (Wildman–Crippen MR) is 191 cm³/mol. The topological polar surface area (TPSA) is 120 Å². The summed E-state index contributed by atoms with van der Waals surface area (Å²) in [7, 11) is 3.08. The summed E-state index contributed by atoms with van der Waals surface area (Å²) in [5, 5.41) is 53.2. The predicted octanol–water partition coefficient (Wildman–Crippen LogP) is 8.64. The number of benzene rings is 5. The summed E-state index contributed by atoms with van der Waals surface area (Å²) in [6, 6.07) is 25.7. The summed E-state index contributed by atoms with van der Waals surface area (Å²) in [5.41, 5.74) is 7.99. The van der Waals surface area contributed by atoms with Gasteiger partial charge in [-0.1, -0.05) is 67.8 Å². The van der Waals surface area contributed by atoms with Crippen molar-refractivity contribution in [3.05, 3.63) is 135 Å². The summed E-state index contributed by atoms with van der Waals surface area (Å²) < 4.78 is 11.1. The maximum atomic E-state index is 11.8. The van der Waals surface area contributed by atoms with Gasteiger partial charge in [0.2, 0.25) is 0 Å². The smallest absolute Gasteiger partial charge is 0.161 e. The Balaban J connectivity index is 1.37. The summed E-state index contributed by atoms with van der Waals surface area (Å²) >= 11 is 0. The average Bonchev–Trinajstić information content (AvgIpc) is 3.11. The van der Waals surface area contributed by atoms with Crippen LogP contribution in [0, 0.1) is 0 Å². The van der Waals surface area contributed by atoms with Crippen molar-refractivity contribution in [2.24, 2.45) is 0 Å². The van der Waals surface area contributed by atoms with Crippen molar-refractivity contribution in [3.8, 4) is 40.2 Å². The molecule has 1 fully saturated rings. The molecule has 0 amide bonds. The maximum absolute atomic E-state index is 11.8. The molecule has 5 N–H and O–H groups in total. The molecule has 1 aliphatic carbocycles. The van der Waals surface area contributed by atoms with E-state index in [0.717, 1.165) is 70.2 Å². The molecule has 49 heavy (non-hydrogen) atoms. The third kappa shape index (κ3) is 7.89. The molecule has 0 aliphatic heterocycles. The SMILES string of the molecule is COc1cc(Cc2cc(Cc3cc(Cc4ccc(O)cc4)c(O)c(OC)c3)c(O)c(C3CCCCC3)c2)cc(Cc2ccc(O)cc2)c1O. The van der Waals surface area contributed by atoms with Crippen LogP contribution in [-0.4, -0.2) is 39.8 Å². The zero-order chi connectivity index (χ0) is 34.5. The Morgan fingerprint density at radius 2 is 0.878 bits per heavy atom. The summed E-state index contributed by atoms with van der Waals surface area (Å²) in [6.07, 6.45) is 7.46. The van der Waals surface area contributed by atoms with Crippen LogP contribution >= 0.6 is 0 Å². The lowest BCUT2D eigenvalue weighted by Crippen LogP contribution is -2.07. The Morgan fingerprint density at radius 1 is 0.469 bits per heavy atom. The third-order valence-corrected chi connectivity index (χ3v) is 9.65. The van der Waals surface area contributed by atoms with Gasteiger partial charge in [-0.3, -0.25) is 0 Å². The molecular formula is C42H44O7. The molecular weight excluding hydrogens is 616 g/mol. The number of hydrogen-bond acceptors (Lipinski definition) is 7. The van der Waals surface area contributed by atoms with Gasteiger partial charge in [0.25, 0.3) is 0 Å². The van der Waals surface area contributed by atoms with Crippen molar-refractivity contribution in [2.75, 3.05) is 14.2 Å². The zero-order valence-corrected chi connectivity index (χ0v) is 28.1. The Labute approximate surface area is 287 Å². The molecule has 5 aromatic carbocycles. The highest BCUT2D eigenvalue weighted by atomic mass is 16.5. The molecule has 0 bridgehead atoms. The van der Waals surface area contributed by atoms with Gasteiger partial charge in [-0.15, -0.1) is 0 Å². The van der Waals surface area contributed by atoms with Crippen LogP contribution in [0.25, 0.3) is 0 Å². The number of rotatable bonds is 11. The van der Waals surface area contributed by atoms with Crippen molar-refractivity contribution in [1.82, 2.24) is 0 Å². The number of phenolic OH excluding ortho intramolecular Hbond substituents is 5. The first-order chi connectivity index (χ1) is 23.7. The van der Waals surface area contributed by atoms with E-state index >= 15 is 0 Å². The van der Waals surface area contributed by atoms with E-state index < -0.39 is 0 Å². The normalized spacial score (nSPS) is 13.3. The molecule has 254 valence electrons. The molecule has 1 saturated carbocycles. The average molecular weight is 661 g/mol. The Bertz CT molecular complexity index is 1910. The van der Waals surface area contributed by atoms with Crippen molar-refractivity contribution < 1.29 is 35.0 Å². The molecule has 6 rings (SSSR count). The van der Waals surface area contributed by atoms with Gasteiger partial charge in [-0.2, -0.15) is 0 Å². The minimum atomic E-state index is 0.0737. The van der Waals surface area contributed by atoms with Gasteiger partial charge in [0.1, 0.15) is 17.2 Å². The first kappa shape index (κ1) is 33.6. The summed E-state index contributed by atoms with van der Waals surface area (Å²) in [4.78, 5) is 0. The minimum absolute atomic E-state index is 0.0737.